The molecule has 0 aliphatic carbocycles. The molecule has 0 radical (unpaired) electrons. The molecule has 152 valence electrons. The molecule has 29 heavy (non-hydrogen) atoms. The molecule has 1 atom stereocenters. The first-order valence-corrected chi connectivity index (χ1v) is 10.5. The van der Waals surface area contributed by atoms with Gasteiger partial charge in [0.15, 0.2) is 0 Å². The van der Waals surface area contributed by atoms with Gasteiger partial charge in [-0.1, -0.05) is 37.1 Å². The lowest BCUT2D eigenvalue weighted by Crippen LogP contribution is -2.32. The zero-order chi connectivity index (χ0) is 20.4. The van der Waals surface area contributed by atoms with Gasteiger partial charge >= 0.3 is 0 Å². The lowest BCUT2D eigenvalue weighted by Gasteiger charge is -2.22. The second-order valence-electron chi connectivity index (χ2n) is 7.52. The van der Waals surface area contributed by atoms with Crippen LogP contribution in [-0.2, 0) is 19.9 Å². The topological polar surface area (TPSA) is 64.2 Å². The maximum Gasteiger partial charge on any atom is 0.272 e. The molecule has 7 heteroatoms. The second kappa shape index (κ2) is 8.41. The largest absolute Gasteiger partial charge is 0.443 e. The van der Waals surface area contributed by atoms with Crippen molar-refractivity contribution in [3.63, 3.8) is 0 Å². The quantitative estimate of drug-likeness (QED) is 0.594. The van der Waals surface area contributed by atoms with Gasteiger partial charge < -0.3 is 9.32 Å². The van der Waals surface area contributed by atoms with Crippen LogP contribution in [0.4, 0.5) is 0 Å². The molecular formula is C22H25ClN4O2. The number of aryl methyl sites for hydroxylation is 2. The summed E-state index contributed by atoms with van der Waals surface area (Å²) in [5.41, 5.74) is 2.68. The van der Waals surface area contributed by atoms with Crippen LogP contribution in [0.2, 0.25) is 5.02 Å². The number of amides is 1. The van der Waals surface area contributed by atoms with Crippen LogP contribution in [0.1, 0.15) is 65.6 Å². The van der Waals surface area contributed by atoms with Gasteiger partial charge in [-0.25, -0.2) is 4.98 Å². The minimum absolute atomic E-state index is 0.0118. The van der Waals surface area contributed by atoms with Crippen LogP contribution in [0.15, 0.2) is 40.9 Å². The minimum Gasteiger partial charge on any atom is -0.443 e. The fourth-order valence-corrected chi connectivity index (χ4v) is 4.01. The third-order valence-corrected chi connectivity index (χ3v) is 5.57. The van der Waals surface area contributed by atoms with Gasteiger partial charge in [0.05, 0.1) is 11.9 Å². The number of hydrogen-bond donors (Lipinski definition) is 0. The van der Waals surface area contributed by atoms with Crippen molar-refractivity contribution in [2.75, 3.05) is 6.54 Å². The van der Waals surface area contributed by atoms with Crippen molar-refractivity contribution in [3.05, 3.63) is 70.2 Å². The van der Waals surface area contributed by atoms with Gasteiger partial charge in [0.2, 0.25) is 5.89 Å². The van der Waals surface area contributed by atoms with E-state index in [1.165, 1.54) is 0 Å². The summed E-state index contributed by atoms with van der Waals surface area (Å²) in [6, 6.07) is 9.46. The highest BCUT2D eigenvalue weighted by Gasteiger charge is 2.35. The molecule has 1 aromatic carbocycles. The molecule has 1 fully saturated rings. The fraction of sp³-hybridized carbons (Fsp3) is 0.409. The van der Waals surface area contributed by atoms with Crippen LogP contribution in [0, 0.1) is 0 Å². The van der Waals surface area contributed by atoms with E-state index in [2.05, 4.69) is 17.0 Å². The van der Waals surface area contributed by atoms with Gasteiger partial charge in [0.25, 0.3) is 5.91 Å². The van der Waals surface area contributed by atoms with Gasteiger partial charge in [0.1, 0.15) is 17.5 Å². The van der Waals surface area contributed by atoms with Crippen molar-refractivity contribution in [1.29, 1.82) is 0 Å². The molecule has 1 amide bonds. The molecule has 3 aromatic rings. The van der Waals surface area contributed by atoms with Gasteiger partial charge in [-0.2, -0.15) is 5.10 Å². The average Bonchev–Trinajstić information content (AvgIpc) is 3.43. The Kier molecular flexibility index (Phi) is 5.72. The van der Waals surface area contributed by atoms with Gasteiger partial charge in [0, 0.05) is 25.0 Å². The number of likely N-dealkylation sites (tertiary alicyclic amines) is 1. The molecule has 0 spiro atoms. The summed E-state index contributed by atoms with van der Waals surface area (Å²) in [6.45, 7) is 2.81. The number of hydrogen-bond acceptors (Lipinski definition) is 4. The number of aromatic nitrogens is 3. The molecule has 3 heterocycles. The summed E-state index contributed by atoms with van der Waals surface area (Å²) in [7, 11) is 1.83. The molecule has 2 aromatic heterocycles. The Morgan fingerprint density at radius 2 is 2.10 bits per heavy atom. The van der Waals surface area contributed by atoms with E-state index < -0.39 is 0 Å². The van der Waals surface area contributed by atoms with Crippen molar-refractivity contribution in [3.8, 4) is 0 Å². The first-order chi connectivity index (χ1) is 14.0. The Hall–Kier alpha value is -2.60. The molecule has 0 saturated carbocycles. The molecule has 1 saturated heterocycles. The van der Waals surface area contributed by atoms with E-state index in [1.807, 2.05) is 42.3 Å². The molecule has 1 aliphatic heterocycles. The summed E-state index contributed by atoms with van der Waals surface area (Å²) in [4.78, 5) is 19.5. The minimum atomic E-state index is -0.133. The fourth-order valence-electron chi connectivity index (χ4n) is 3.88. The van der Waals surface area contributed by atoms with E-state index in [4.69, 9.17) is 16.0 Å². The van der Waals surface area contributed by atoms with Crippen molar-refractivity contribution in [2.24, 2.45) is 7.05 Å². The highest BCUT2D eigenvalue weighted by Crippen LogP contribution is 2.33. The number of benzene rings is 1. The lowest BCUT2D eigenvalue weighted by atomic mass is 10.1. The van der Waals surface area contributed by atoms with Crippen LogP contribution in [-0.4, -0.2) is 32.1 Å². The number of halogens is 1. The summed E-state index contributed by atoms with van der Waals surface area (Å²) in [5, 5.41) is 5.18. The lowest BCUT2D eigenvalue weighted by molar-refractivity contribution is 0.0703. The van der Waals surface area contributed by atoms with Crippen LogP contribution in [0.25, 0.3) is 0 Å². The highest BCUT2D eigenvalue weighted by molar-refractivity contribution is 6.30. The number of rotatable bonds is 6. The van der Waals surface area contributed by atoms with E-state index >= 15 is 0 Å². The van der Waals surface area contributed by atoms with E-state index in [0.717, 1.165) is 42.7 Å². The normalized spacial score (nSPS) is 16.5. The average molecular weight is 413 g/mol. The zero-order valence-corrected chi connectivity index (χ0v) is 17.5. The molecule has 1 aliphatic rings. The number of oxazole rings is 1. The zero-order valence-electron chi connectivity index (χ0n) is 16.8. The molecule has 0 unspecified atom stereocenters. The van der Waals surface area contributed by atoms with Gasteiger partial charge in [-0.05, 0) is 43.0 Å². The third kappa shape index (κ3) is 4.22. The Labute approximate surface area is 175 Å². The van der Waals surface area contributed by atoms with Gasteiger partial charge in [-0.15, -0.1) is 0 Å². The maximum absolute atomic E-state index is 13.2. The summed E-state index contributed by atoms with van der Waals surface area (Å²) >= 11 is 5.95. The molecular weight excluding hydrogens is 388 g/mol. The van der Waals surface area contributed by atoms with Crippen molar-refractivity contribution in [2.45, 2.75) is 45.1 Å². The van der Waals surface area contributed by atoms with Crippen LogP contribution in [0.5, 0.6) is 0 Å². The Morgan fingerprint density at radius 1 is 1.31 bits per heavy atom. The monoisotopic (exact) mass is 412 g/mol. The summed E-state index contributed by atoms with van der Waals surface area (Å²) < 4.78 is 7.72. The van der Waals surface area contributed by atoms with Crippen molar-refractivity contribution in [1.82, 2.24) is 19.7 Å². The van der Waals surface area contributed by atoms with E-state index in [0.29, 0.717) is 29.6 Å². The predicted octanol–water partition coefficient (Wildman–Crippen LogP) is 4.58. The van der Waals surface area contributed by atoms with E-state index in [1.54, 1.807) is 10.9 Å². The number of carbonyl (C=O) groups is 1. The van der Waals surface area contributed by atoms with Crippen molar-refractivity contribution < 1.29 is 9.21 Å². The molecule has 4 rings (SSSR count). The SMILES string of the molecule is CCCc1cc(C(=O)N2CCC[C@H]2c2ncc(Cc3ccc(Cl)cc3)o2)n(C)n1. The second-order valence-corrected chi connectivity index (χ2v) is 7.96. The van der Waals surface area contributed by atoms with E-state index in [9.17, 15) is 4.79 Å². The Bertz CT molecular complexity index is 993. The first-order valence-electron chi connectivity index (χ1n) is 10.1. The molecule has 0 bridgehead atoms. The Morgan fingerprint density at radius 3 is 2.86 bits per heavy atom. The highest BCUT2D eigenvalue weighted by atomic mass is 35.5. The smallest absolute Gasteiger partial charge is 0.272 e. The molecule has 0 N–H and O–H groups in total. The summed E-state index contributed by atoms with van der Waals surface area (Å²) in [5.74, 6) is 1.38. The Balaban J connectivity index is 1.50. The number of nitrogens with zero attached hydrogens (tertiary/aromatic N) is 4. The van der Waals surface area contributed by atoms with E-state index in [-0.39, 0.29) is 11.9 Å². The van der Waals surface area contributed by atoms with Crippen LogP contribution in [0.3, 0.4) is 0 Å². The predicted molar refractivity (Wildman–Crippen MR) is 111 cm³/mol. The van der Waals surface area contributed by atoms with Crippen LogP contribution >= 0.6 is 11.6 Å². The number of carbonyl (C=O) groups excluding carboxylic acids is 1. The van der Waals surface area contributed by atoms with Gasteiger partial charge in [-0.3, -0.25) is 9.48 Å². The third-order valence-electron chi connectivity index (χ3n) is 5.32. The summed E-state index contributed by atoms with van der Waals surface area (Å²) in [6.07, 6.45) is 6.07. The maximum atomic E-state index is 13.2. The van der Waals surface area contributed by atoms with Crippen LogP contribution < -0.4 is 0 Å². The standard InChI is InChI=1S/C22H25ClN4O2/c1-3-5-17-13-20(26(2)25-17)22(28)27-11-4-6-19(27)21-24-14-18(29-21)12-15-7-9-16(23)10-8-15/h7-10,13-14,19H,3-6,11-12H2,1-2H3/t19-/m0/s1. The first kappa shape index (κ1) is 19.7. The molecule has 6 nitrogen and oxygen atoms in total. The van der Waals surface area contributed by atoms with Crippen molar-refractivity contribution >= 4 is 17.5 Å².